The van der Waals surface area contributed by atoms with Crippen molar-refractivity contribution in [2.75, 3.05) is 53.7 Å². The average Bonchev–Trinajstić information content (AvgIpc) is 3.37. The lowest BCUT2D eigenvalue weighted by Crippen LogP contribution is -2.40. The third-order valence-electron chi connectivity index (χ3n) is 5.49. The highest BCUT2D eigenvalue weighted by Crippen LogP contribution is 2.30. The zero-order valence-corrected chi connectivity index (χ0v) is 22.9. The molecule has 0 radical (unpaired) electrons. The summed E-state index contributed by atoms with van der Waals surface area (Å²) < 4.78 is 23.1. The van der Waals surface area contributed by atoms with E-state index in [1.54, 1.807) is 24.7 Å². The zero-order chi connectivity index (χ0) is 29.1. The van der Waals surface area contributed by atoms with Gasteiger partial charge in [-0.05, 0) is 32.2 Å². The Morgan fingerprint density at radius 1 is 1.13 bits per heavy atom. The van der Waals surface area contributed by atoms with Crippen molar-refractivity contribution in [1.29, 1.82) is 0 Å². The number of hydrogen-bond donors (Lipinski definition) is 2. The largest absolute Gasteiger partial charge is 0.463 e. The fraction of sp³-hybridized carbons (Fsp3) is 0.708. The number of hydrogen-bond acceptors (Lipinski definition) is 10. The van der Waals surface area contributed by atoms with Crippen molar-refractivity contribution in [1.82, 2.24) is 25.6 Å². The lowest BCUT2D eigenvalue weighted by molar-refractivity contribution is -0.157. The number of nitrogens with zero attached hydrogens (tertiary/aromatic N) is 6. The van der Waals surface area contributed by atoms with Gasteiger partial charge < -0.3 is 29.6 Å². The van der Waals surface area contributed by atoms with Crippen LogP contribution in [0.25, 0.3) is 10.4 Å². The van der Waals surface area contributed by atoms with Crippen LogP contribution in [0, 0.1) is 23.7 Å². The topological polar surface area (TPSA) is 192 Å². The van der Waals surface area contributed by atoms with Gasteiger partial charge in [-0.2, -0.15) is 0 Å². The van der Waals surface area contributed by atoms with Crippen LogP contribution in [0.15, 0.2) is 11.3 Å². The van der Waals surface area contributed by atoms with E-state index in [1.807, 2.05) is 0 Å². The Morgan fingerprint density at radius 2 is 1.79 bits per heavy atom. The van der Waals surface area contributed by atoms with Crippen molar-refractivity contribution < 1.29 is 33.3 Å². The molecular formula is C24H38N8O7. The van der Waals surface area contributed by atoms with Crippen molar-refractivity contribution in [2.24, 2.45) is 16.4 Å². The van der Waals surface area contributed by atoms with Crippen molar-refractivity contribution in [2.45, 2.75) is 45.9 Å². The van der Waals surface area contributed by atoms with E-state index in [0.29, 0.717) is 38.7 Å². The number of rotatable bonds is 20. The molecule has 0 aliphatic heterocycles. The summed E-state index contributed by atoms with van der Waals surface area (Å²) in [5.41, 5.74) is 8.39. The predicted octanol–water partition coefficient (Wildman–Crippen LogP) is 0.598. The van der Waals surface area contributed by atoms with Gasteiger partial charge >= 0.3 is 5.97 Å². The fourth-order valence-electron chi connectivity index (χ4n) is 3.49. The van der Waals surface area contributed by atoms with Crippen LogP contribution in [0.2, 0.25) is 0 Å². The zero-order valence-electron chi connectivity index (χ0n) is 22.9. The summed E-state index contributed by atoms with van der Waals surface area (Å²) in [5, 5.41) is 16.4. The van der Waals surface area contributed by atoms with Gasteiger partial charge in [-0.25, -0.2) is 4.68 Å². The summed E-state index contributed by atoms with van der Waals surface area (Å²) >= 11 is 0. The lowest BCUT2D eigenvalue weighted by atomic mass is 9.80. The van der Waals surface area contributed by atoms with E-state index < -0.39 is 29.3 Å². The SMILES string of the molecule is C#CCOCc1cn(CCOCCOCCOC(=O)C(C)(C)CC(CC(N=[N+]=[N-])C(=O)NC)C(=O)NC)nn1. The minimum Gasteiger partial charge on any atom is -0.463 e. The number of amides is 2. The van der Waals surface area contributed by atoms with E-state index in [1.165, 1.54) is 14.1 Å². The number of esters is 1. The van der Waals surface area contributed by atoms with Crippen LogP contribution in [-0.2, 0) is 46.5 Å². The molecular weight excluding hydrogens is 512 g/mol. The Labute approximate surface area is 227 Å². The Morgan fingerprint density at radius 3 is 2.44 bits per heavy atom. The average molecular weight is 551 g/mol. The summed E-state index contributed by atoms with van der Waals surface area (Å²) in [7, 11) is 2.86. The predicted molar refractivity (Wildman–Crippen MR) is 139 cm³/mol. The molecule has 0 saturated heterocycles. The van der Waals surface area contributed by atoms with Crippen LogP contribution in [0.5, 0.6) is 0 Å². The van der Waals surface area contributed by atoms with Gasteiger partial charge in [0.25, 0.3) is 0 Å². The molecule has 15 nitrogen and oxygen atoms in total. The monoisotopic (exact) mass is 550 g/mol. The van der Waals surface area contributed by atoms with Crippen molar-refractivity contribution >= 4 is 17.8 Å². The molecule has 0 saturated carbocycles. The second-order valence-corrected chi connectivity index (χ2v) is 9.00. The second-order valence-electron chi connectivity index (χ2n) is 9.00. The molecule has 2 unspecified atom stereocenters. The number of azide groups is 1. The molecule has 216 valence electrons. The molecule has 0 aliphatic carbocycles. The van der Waals surface area contributed by atoms with E-state index >= 15 is 0 Å². The van der Waals surface area contributed by atoms with Crippen molar-refractivity contribution in [3.8, 4) is 12.3 Å². The van der Waals surface area contributed by atoms with Gasteiger partial charge in [0.2, 0.25) is 11.8 Å². The molecule has 2 atom stereocenters. The third-order valence-corrected chi connectivity index (χ3v) is 5.49. The van der Waals surface area contributed by atoms with E-state index in [-0.39, 0.29) is 38.6 Å². The van der Waals surface area contributed by atoms with E-state index in [2.05, 4.69) is 36.9 Å². The Kier molecular flexibility index (Phi) is 15.8. The normalized spacial score (nSPS) is 12.5. The van der Waals surface area contributed by atoms with Gasteiger partial charge in [-0.3, -0.25) is 14.4 Å². The quantitative estimate of drug-likeness (QED) is 0.0584. The number of nitrogens with one attached hydrogen (secondary N) is 2. The Hall–Kier alpha value is -3.70. The smallest absolute Gasteiger partial charge is 0.311 e. The summed E-state index contributed by atoms with van der Waals surface area (Å²) in [5.74, 6) is 0.208. The molecule has 1 aromatic heterocycles. The minimum absolute atomic E-state index is 0.0238. The van der Waals surface area contributed by atoms with Crippen LogP contribution in [0.4, 0.5) is 0 Å². The molecule has 1 heterocycles. The molecule has 1 rings (SSSR count). The van der Waals surface area contributed by atoms with Gasteiger partial charge in [0, 0.05) is 24.9 Å². The molecule has 39 heavy (non-hydrogen) atoms. The summed E-state index contributed by atoms with van der Waals surface area (Å²) in [6.45, 7) is 5.57. The van der Waals surface area contributed by atoms with Crippen LogP contribution < -0.4 is 10.6 Å². The Bertz CT molecular complexity index is 1000. The van der Waals surface area contributed by atoms with Crippen molar-refractivity contribution in [3.63, 3.8) is 0 Å². The first-order valence-corrected chi connectivity index (χ1v) is 12.4. The van der Waals surface area contributed by atoms with Gasteiger partial charge in [-0.1, -0.05) is 16.2 Å². The van der Waals surface area contributed by atoms with Crippen molar-refractivity contribution in [3.05, 3.63) is 22.3 Å². The van der Waals surface area contributed by atoms with E-state index in [9.17, 15) is 14.4 Å². The van der Waals surface area contributed by atoms with Crippen LogP contribution in [0.3, 0.4) is 0 Å². The first-order chi connectivity index (χ1) is 18.7. The van der Waals surface area contributed by atoms with Gasteiger partial charge in [0.1, 0.15) is 24.9 Å². The highest BCUT2D eigenvalue weighted by Gasteiger charge is 2.36. The first kappa shape index (κ1) is 33.3. The summed E-state index contributed by atoms with van der Waals surface area (Å²) in [6.07, 6.45) is 6.91. The molecule has 0 fully saturated rings. The number of carbonyl (C=O) groups excluding carboxylic acids is 3. The lowest BCUT2D eigenvalue weighted by Gasteiger charge is -2.28. The first-order valence-electron chi connectivity index (χ1n) is 12.4. The maximum atomic E-state index is 12.7. The van der Waals surface area contributed by atoms with Gasteiger partial charge in [-0.15, -0.1) is 11.5 Å². The van der Waals surface area contributed by atoms with Gasteiger partial charge in [0.05, 0.1) is 51.2 Å². The molecule has 2 N–H and O–H groups in total. The number of carbonyl (C=O) groups is 3. The molecule has 2 amide bonds. The number of aromatic nitrogens is 3. The maximum Gasteiger partial charge on any atom is 0.311 e. The number of terminal acetylenes is 1. The van der Waals surface area contributed by atoms with Gasteiger partial charge in [0.15, 0.2) is 0 Å². The molecule has 15 heteroatoms. The highest BCUT2D eigenvalue weighted by molar-refractivity contribution is 5.84. The van der Waals surface area contributed by atoms with Crippen LogP contribution in [-0.4, -0.2) is 92.6 Å². The van der Waals surface area contributed by atoms with E-state index in [0.717, 1.165) is 0 Å². The summed E-state index contributed by atoms with van der Waals surface area (Å²) in [6, 6.07) is -1.09. The Balaban J connectivity index is 2.33. The highest BCUT2D eigenvalue weighted by atomic mass is 16.6. The minimum atomic E-state index is -1.09. The second kappa shape index (κ2) is 18.5. The standard InChI is InChI=1S/C24H38N8O7/c1-6-8-38-17-19-16-32(31-28-19)7-9-36-10-11-37-12-13-39-23(35)24(2,3)15-18(21(33)26-4)14-20(29-30-25)22(34)27-5/h1,16,18,20H,7-15,17H2,2-5H3,(H,26,33)(H,27,34). The molecule has 0 spiro atoms. The summed E-state index contributed by atoms with van der Waals surface area (Å²) in [4.78, 5) is 39.8. The number of ether oxygens (including phenoxy) is 4. The molecule has 1 aromatic rings. The maximum absolute atomic E-state index is 12.7. The number of likely N-dealkylation sites (N-methyl/N-ethyl adjacent to an activating group) is 1. The third kappa shape index (κ3) is 13.1. The molecule has 0 aromatic carbocycles. The fourth-order valence-corrected chi connectivity index (χ4v) is 3.49. The molecule has 0 bridgehead atoms. The van der Waals surface area contributed by atoms with Crippen LogP contribution >= 0.6 is 0 Å². The molecule has 0 aliphatic rings. The van der Waals surface area contributed by atoms with Crippen LogP contribution in [0.1, 0.15) is 32.4 Å². The van der Waals surface area contributed by atoms with E-state index in [4.69, 9.17) is 30.9 Å².